The van der Waals surface area contributed by atoms with Crippen LogP contribution in [0.3, 0.4) is 0 Å². The lowest BCUT2D eigenvalue weighted by Crippen LogP contribution is -2.13. The quantitative estimate of drug-likeness (QED) is 0.436. The molecule has 0 radical (unpaired) electrons. The molecular weight excluding hydrogens is 355 g/mol. The van der Waals surface area contributed by atoms with Crippen molar-refractivity contribution in [1.29, 1.82) is 0 Å². The molecule has 0 heterocycles. The van der Waals surface area contributed by atoms with Crippen molar-refractivity contribution >= 4 is 40.5 Å². The largest absolute Gasteiger partial charge is 0.487 e. The number of hydrogen-bond donors (Lipinski definition) is 1. The van der Waals surface area contributed by atoms with E-state index in [1.165, 1.54) is 18.2 Å². The van der Waals surface area contributed by atoms with Crippen LogP contribution in [0, 0.1) is 10.1 Å². The normalized spacial score (nSPS) is 10.2. The van der Waals surface area contributed by atoms with E-state index in [2.05, 4.69) is 5.32 Å². The van der Waals surface area contributed by atoms with Crippen LogP contribution in [0.5, 0.6) is 5.75 Å². The van der Waals surface area contributed by atoms with Gasteiger partial charge in [-0.25, -0.2) is 0 Å². The molecule has 0 unspecified atom stereocenters. The molecule has 0 aliphatic rings. The molecule has 1 amide bonds. The number of halogens is 2. The van der Waals surface area contributed by atoms with E-state index in [1.54, 1.807) is 24.3 Å². The molecular formula is C16H14Cl2N2O4. The molecule has 126 valence electrons. The summed E-state index contributed by atoms with van der Waals surface area (Å²) in [6.45, 7) is 0.187. The molecule has 8 heteroatoms. The number of nitrogens with zero attached hydrogens (tertiary/aromatic N) is 1. The highest BCUT2D eigenvalue weighted by molar-refractivity contribution is 6.36. The van der Waals surface area contributed by atoms with Gasteiger partial charge in [-0.2, -0.15) is 0 Å². The number of carbonyl (C=O) groups excluding carboxylic acids is 1. The second kappa shape index (κ2) is 8.52. The van der Waals surface area contributed by atoms with Crippen LogP contribution in [0.4, 0.5) is 11.4 Å². The zero-order chi connectivity index (χ0) is 17.5. The predicted octanol–water partition coefficient (Wildman–Crippen LogP) is 4.70. The van der Waals surface area contributed by atoms with E-state index in [4.69, 9.17) is 27.9 Å². The Morgan fingerprint density at radius 3 is 2.67 bits per heavy atom. The molecule has 0 bridgehead atoms. The first-order chi connectivity index (χ1) is 11.5. The molecule has 2 rings (SSSR count). The number of benzene rings is 2. The van der Waals surface area contributed by atoms with E-state index in [-0.39, 0.29) is 30.4 Å². The van der Waals surface area contributed by atoms with E-state index in [0.29, 0.717) is 22.2 Å². The average Bonchev–Trinajstić information content (AvgIpc) is 2.54. The number of hydrogen-bond acceptors (Lipinski definition) is 4. The Kier molecular flexibility index (Phi) is 6.40. The standard InChI is InChI=1S/C16H14Cl2N2O4/c17-11-7-8-13(12(18)10-11)19-16(21)6-3-9-24-15-5-2-1-4-14(15)20(22)23/h1-2,4-5,7-8,10H,3,6,9H2,(H,19,21). The summed E-state index contributed by atoms with van der Waals surface area (Å²) in [6.07, 6.45) is 0.600. The van der Waals surface area contributed by atoms with Crippen LogP contribution < -0.4 is 10.1 Å². The highest BCUT2D eigenvalue weighted by atomic mass is 35.5. The van der Waals surface area contributed by atoms with Crippen LogP contribution in [-0.2, 0) is 4.79 Å². The highest BCUT2D eigenvalue weighted by Gasteiger charge is 2.13. The first kappa shape index (κ1) is 18.0. The molecule has 2 aromatic rings. The summed E-state index contributed by atoms with van der Waals surface area (Å²) >= 11 is 11.8. The van der Waals surface area contributed by atoms with Crippen LogP contribution in [0.15, 0.2) is 42.5 Å². The predicted molar refractivity (Wildman–Crippen MR) is 92.9 cm³/mol. The zero-order valence-electron chi connectivity index (χ0n) is 12.5. The smallest absolute Gasteiger partial charge is 0.310 e. The minimum Gasteiger partial charge on any atom is -0.487 e. The zero-order valence-corrected chi connectivity index (χ0v) is 14.0. The number of nitro groups is 1. The van der Waals surface area contributed by atoms with Gasteiger partial charge in [0.15, 0.2) is 5.75 Å². The number of amides is 1. The van der Waals surface area contributed by atoms with Crippen LogP contribution in [-0.4, -0.2) is 17.4 Å². The Hall–Kier alpha value is -2.31. The van der Waals surface area contributed by atoms with Crippen LogP contribution in [0.2, 0.25) is 10.0 Å². The van der Waals surface area contributed by atoms with Crippen LogP contribution in [0.25, 0.3) is 0 Å². The van der Waals surface area contributed by atoms with Gasteiger partial charge >= 0.3 is 5.69 Å². The van der Waals surface area contributed by atoms with Crippen molar-refractivity contribution in [2.75, 3.05) is 11.9 Å². The number of rotatable bonds is 7. The van der Waals surface area contributed by atoms with Crippen molar-refractivity contribution in [3.63, 3.8) is 0 Å². The molecule has 1 N–H and O–H groups in total. The van der Waals surface area contributed by atoms with Gasteiger partial charge in [0.1, 0.15) is 0 Å². The Morgan fingerprint density at radius 1 is 1.21 bits per heavy atom. The Bertz CT molecular complexity index is 753. The van der Waals surface area contributed by atoms with Crippen LogP contribution >= 0.6 is 23.2 Å². The molecule has 0 fully saturated rings. The summed E-state index contributed by atoms with van der Waals surface area (Å²) < 4.78 is 5.37. The van der Waals surface area contributed by atoms with Gasteiger partial charge in [-0.15, -0.1) is 0 Å². The summed E-state index contributed by atoms with van der Waals surface area (Å²) in [4.78, 5) is 22.2. The number of ether oxygens (including phenoxy) is 1. The first-order valence-corrected chi connectivity index (χ1v) is 7.84. The third kappa shape index (κ3) is 5.11. The fourth-order valence-corrected chi connectivity index (χ4v) is 2.40. The summed E-state index contributed by atoms with van der Waals surface area (Å²) in [7, 11) is 0. The summed E-state index contributed by atoms with van der Waals surface area (Å²) in [5.74, 6) is -0.0472. The summed E-state index contributed by atoms with van der Waals surface area (Å²) in [6, 6.07) is 10.9. The number of carbonyl (C=O) groups is 1. The van der Waals surface area contributed by atoms with Crippen molar-refractivity contribution in [1.82, 2.24) is 0 Å². The van der Waals surface area contributed by atoms with Gasteiger partial charge < -0.3 is 10.1 Å². The first-order valence-electron chi connectivity index (χ1n) is 7.08. The van der Waals surface area contributed by atoms with Crippen molar-refractivity contribution in [3.8, 4) is 5.75 Å². The second-order valence-corrected chi connectivity index (χ2v) is 5.69. The lowest BCUT2D eigenvalue weighted by molar-refractivity contribution is -0.385. The van der Waals surface area contributed by atoms with Gasteiger partial charge in [0.25, 0.3) is 0 Å². The molecule has 0 aromatic heterocycles. The van der Waals surface area contributed by atoms with Gasteiger partial charge in [0.2, 0.25) is 5.91 Å². The van der Waals surface area contributed by atoms with Crippen molar-refractivity contribution < 1.29 is 14.5 Å². The SMILES string of the molecule is O=C(CCCOc1ccccc1[N+](=O)[O-])Nc1ccc(Cl)cc1Cl. The maximum absolute atomic E-state index is 11.9. The molecule has 0 aliphatic heterocycles. The minimum atomic E-state index is -0.509. The molecule has 0 aliphatic carbocycles. The van der Waals surface area contributed by atoms with Gasteiger partial charge in [-0.3, -0.25) is 14.9 Å². The Morgan fingerprint density at radius 2 is 1.96 bits per heavy atom. The highest BCUT2D eigenvalue weighted by Crippen LogP contribution is 2.27. The van der Waals surface area contributed by atoms with Crippen molar-refractivity contribution in [2.24, 2.45) is 0 Å². The topological polar surface area (TPSA) is 81.5 Å². The average molecular weight is 369 g/mol. The molecule has 0 spiro atoms. The Balaban J connectivity index is 1.80. The molecule has 0 atom stereocenters. The third-order valence-corrected chi connectivity index (χ3v) is 3.62. The van der Waals surface area contributed by atoms with Crippen LogP contribution in [0.1, 0.15) is 12.8 Å². The van der Waals surface area contributed by atoms with Gasteiger partial charge in [0.05, 0.1) is 22.2 Å². The molecule has 0 saturated carbocycles. The van der Waals surface area contributed by atoms with E-state index < -0.39 is 4.92 Å². The van der Waals surface area contributed by atoms with Gasteiger partial charge in [0, 0.05) is 17.5 Å². The van der Waals surface area contributed by atoms with Crippen molar-refractivity contribution in [3.05, 3.63) is 62.6 Å². The van der Waals surface area contributed by atoms with E-state index in [1.807, 2.05) is 0 Å². The summed E-state index contributed by atoms with van der Waals surface area (Å²) in [5.41, 5.74) is 0.376. The monoisotopic (exact) mass is 368 g/mol. The molecule has 0 saturated heterocycles. The van der Waals surface area contributed by atoms with E-state index >= 15 is 0 Å². The lowest BCUT2D eigenvalue weighted by Gasteiger charge is -2.08. The lowest BCUT2D eigenvalue weighted by atomic mass is 10.2. The summed E-state index contributed by atoms with van der Waals surface area (Å²) in [5, 5.41) is 14.4. The van der Waals surface area contributed by atoms with Gasteiger partial charge in [-0.1, -0.05) is 35.3 Å². The second-order valence-electron chi connectivity index (χ2n) is 4.85. The van der Waals surface area contributed by atoms with E-state index in [0.717, 1.165) is 0 Å². The van der Waals surface area contributed by atoms with Gasteiger partial charge in [-0.05, 0) is 30.7 Å². The maximum Gasteiger partial charge on any atom is 0.310 e. The fraction of sp³-hybridized carbons (Fsp3) is 0.188. The van der Waals surface area contributed by atoms with Crippen molar-refractivity contribution in [2.45, 2.75) is 12.8 Å². The number of nitro benzene ring substituents is 1. The number of para-hydroxylation sites is 2. The molecule has 6 nitrogen and oxygen atoms in total. The minimum absolute atomic E-state index is 0.102. The maximum atomic E-state index is 11.9. The molecule has 2 aromatic carbocycles. The number of anilines is 1. The third-order valence-electron chi connectivity index (χ3n) is 3.07. The Labute approximate surface area is 148 Å². The fourth-order valence-electron chi connectivity index (χ4n) is 1.95. The number of nitrogens with one attached hydrogen (secondary N) is 1. The van der Waals surface area contributed by atoms with E-state index in [9.17, 15) is 14.9 Å². The molecule has 24 heavy (non-hydrogen) atoms.